The minimum Gasteiger partial charge on any atom is -0.495 e. The molecule has 0 saturated heterocycles. The number of ether oxygens (including phenoxy) is 1. The second-order valence-corrected chi connectivity index (χ2v) is 7.06. The highest BCUT2D eigenvalue weighted by molar-refractivity contribution is 8.03. The SMILES string of the molecule is O=[N+]([O-])c1cc(C2C3=C(COC=C3)NC3=C2SCC3)ccc1Cl. The van der Waals surface area contributed by atoms with Crippen molar-refractivity contribution in [2.24, 2.45) is 0 Å². The van der Waals surface area contributed by atoms with E-state index in [1.807, 2.05) is 23.9 Å². The molecule has 0 fully saturated rings. The van der Waals surface area contributed by atoms with Gasteiger partial charge < -0.3 is 10.1 Å². The van der Waals surface area contributed by atoms with Crippen LogP contribution in [0.25, 0.3) is 0 Å². The molecular weight excluding hydrogens is 336 g/mol. The van der Waals surface area contributed by atoms with Crippen LogP contribution in [0.5, 0.6) is 0 Å². The van der Waals surface area contributed by atoms with Crippen LogP contribution in [0.1, 0.15) is 17.9 Å². The first-order valence-corrected chi connectivity index (χ1v) is 8.59. The lowest BCUT2D eigenvalue weighted by Crippen LogP contribution is -2.27. The van der Waals surface area contributed by atoms with Crippen molar-refractivity contribution in [3.63, 3.8) is 0 Å². The van der Waals surface area contributed by atoms with Gasteiger partial charge in [-0.1, -0.05) is 17.7 Å². The quantitative estimate of drug-likeness (QED) is 0.644. The number of nitrogens with zero attached hydrogens (tertiary/aromatic N) is 1. The topological polar surface area (TPSA) is 64.4 Å². The third kappa shape index (κ3) is 2.42. The van der Waals surface area contributed by atoms with Gasteiger partial charge in [-0.2, -0.15) is 0 Å². The Balaban J connectivity index is 1.86. The largest absolute Gasteiger partial charge is 0.495 e. The summed E-state index contributed by atoms with van der Waals surface area (Å²) in [6, 6.07) is 5.08. The molecule has 0 bridgehead atoms. The van der Waals surface area contributed by atoms with E-state index in [1.54, 1.807) is 18.4 Å². The van der Waals surface area contributed by atoms with Crippen LogP contribution in [0.3, 0.4) is 0 Å². The maximum atomic E-state index is 11.2. The van der Waals surface area contributed by atoms with Crippen LogP contribution < -0.4 is 5.32 Å². The molecule has 3 aliphatic heterocycles. The van der Waals surface area contributed by atoms with Gasteiger partial charge in [-0.3, -0.25) is 10.1 Å². The van der Waals surface area contributed by atoms with Crippen molar-refractivity contribution in [1.29, 1.82) is 0 Å². The molecule has 0 aromatic heterocycles. The first-order chi connectivity index (χ1) is 11.1. The predicted octanol–water partition coefficient (Wildman–Crippen LogP) is 4.08. The van der Waals surface area contributed by atoms with Gasteiger partial charge in [-0.05, 0) is 29.7 Å². The highest BCUT2D eigenvalue weighted by Gasteiger charge is 2.35. The number of benzene rings is 1. The van der Waals surface area contributed by atoms with Crippen molar-refractivity contribution in [3.8, 4) is 0 Å². The van der Waals surface area contributed by atoms with Crippen molar-refractivity contribution in [3.05, 3.63) is 73.1 Å². The van der Waals surface area contributed by atoms with E-state index in [1.165, 1.54) is 10.6 Å². The van der Waals surface area contributed by atoms with E-state index >= 15 is 0 Å². The van der Waals surface area contributed by atoms with E-state index < -0.39 is 4.92 Å². The molecule has 3 heterocycles. The molecule has 7 heteroatoms. The Bertz CT molecular complexity index is 801. The van der Waals surface area contributed by atoms with Crippen LogP contribution in [0.2, 0.25) is 5.02 Å². The Morgan fingerprint density at radius 1 is 1.39 bits per heavy atom. The van der Waals surface area contributed by atoms with Crippen molar-refractivity contribution in [2.75, 3.05) is 12.4 Å². The third-order valence-corrected chi connectivity index (χ3v) is 5.72. The van der Waals surface area contributed by atoms with E-state index in [-0.39, 0.29) is 16.6 Å². The number of rotatable bonds is 2. The Hall–Kier alpha value is -1.92. The van der Waals surface area contributed by atoms with Crippen molar-refractivity contribution < 1.29 is 9.66 Å². The average molecular weight is 349 g/mol. The predicted molar refractivity (Wildman–Crippen MR) is 90.2 cm³/mol. The van der Waals surface area contributed by atoms with Gasteiger partial charge in [-0.25, -0.2) is 0 Å². The number of nitro benzene ring substituents is 1. The number of nitrogens with one attached hydrogen (secondary N) is 1. The summed E-state index contributed by atoms with van der Waals surface area (Å²) in [6.07, 6.45) is 4.61. The lowest BCUT2D eigenvalue weighted by atomic mass is 9.85. The number of halogens is 1. The Labute approximate surface area is 142 Å². The molecule has 4 rings (SSSR count). The number of dihydropyridines is 1. The van der Waals surface area contributed by atoms with E-state index in [9.17, 15) is 10.1 Å². The molecule has 5 nitrogen and oxygen atoms in total. The zero-order chi connectivity index (χ0) is 16.0. The van der Waals surface area contributed by atoms with Gasteiger partial charge in [-0.15, -0.1) is 11.8 Å². The smallest absolute Gasteiger partial charge is 0.288 e. The molecule has 0 saturated carbocycles. The molecule has 3 aliphatic rings. The zero-order valence-corrected chi connectivity index (χ0v) is 13.6. The molecule has 1 N–H and O–H groups in total. The molecule has 0 spiro atoms. The van der Waals surface area contributed by atoms with Gasteiger partial charge in [0, 0.05) is 28.3 Å². The van der Waals surface area contributed by atoms with Crippen LogP contribution in [-0.4, -0.2) is 17.3 Å². The van der Waals surface area contributed by atoms with Gasteiger partial charge in [0.15, 0.2) is 0 Å². The summed E-state index contributed by atoms with van der Waals surface area (Å²) in [5, 5.41) is 14.8. The van der Waals surface area contributed by atoms with Crippen LogP contribution in [0.15, 0.2) is 52.4 Å². The summed E-state index contributed by atoms with van der Waals surface area (Å²) in [4.78, 5) is 12.0. The lowest BCUT2D eigenvalue weighted by Gasteiger charge is -2.31. The monoisotopic (exact) mass is 348 g/mol. The van der Waals surface area contributed by atoms with Crippen molar-refractivity contribution in [2.45, 2.75) is 12.3 Å². The molecule has 0 amide bonds. The maximum absolute atomic E-state index is 11.2. The first kappa shape index (κ1) is 14.7. The molecular formula is C16H13ClN2O3S. The van der Waals surface area contributed by atoms with E-state index in [4.69, 9.17) is 16.3 Å². The summed E-state index contributed by atoms with van der Waals surface area (Å²) < 4.78 is 5.39. The number of allylic oxidation sites excluding steroid dienone is 4. The summed E-state index contributed by atoms with van der Waals surface area (Å²) in [7, 11) is 0. The van der Waals surface area contributed by atoms with Crippen LogP contribution in [0, 0.1) is 10.1 Å². The van der Waals surface area contributed by atoms with Gasteiger partial charge in [0.05, 0.1) is 16.9 Å². The summed E-state index contributed by atoms with van der Waals surface area (Å²) in [6.45, 7) is 0.499. The van der Waals surface area contributed by atoms with Gasteiger partial charge in [0.25, 0.3) is 5.69 Å². The van der Waals surface area contributed by atoms with E-state index in [2.05, 4.69) is 5.32 Å². The minimum atomic E-state index is -0.431. The van der Waals surface area contributed by atoms with Gasteiger partial charge in [0.1, 0.15) is 11.6 Å². The van der Waals surface area contributed by atoms with Crippen molar-refractivity contribution >= 4 is 29.1 Å². The molecule has 0 aliphatic carbocycles. The Morgan fingerprint density at radius 3 is 3.09 bits per heavy atom. The highest BCUT2D eigenvalue weighted by Crippen LogP contribution is 2.49. The number of hydrogen-bond acceptors (Lipinski definition) is 5. The highest BCUT2D eigenvalue weighted by atomic mass is 35.5. The number of hydrogen-bond donors (Lipinski definition) is 1. The Kier molecular flexibility index (Phi) is 3.58. The fourth-order valence-electron chi connectivity index (χ4n) is 3.17. The second-order valence-electron chi connectivity index (χ2n) is 5.51. The lowest BCUT2D eigenvalue weighted by molar-refractivity contribution is -0.384. The van der Waals surface area contributed by atoms with E-state index in [0.29, 0.717) is 6.61 Å². The van der Waals surface area contributed by atoms with Crippen molar-refractivity contribution in [1.82, 2.24) is 5.32 Å². The van der Waals surface area contributed by atoms with Crippen LogP contribution in [0.4, 0.5) is 5.69 Å². The first-order valence-electron chi connectivity index (χ1n) is 7.23. The molecule has 1 atom stereocenters. The number of nitro groups is 1. The molecule has 0 radical (unpaired) electrons. The van der Waals surface area contributed by atoms with E-state index in [0.717, 1.165) is 29.0 Å². The average Bonchev–Trinajstić information content (AvgIpc) is 3.01. The Morgan fingerprint density at radius 2 is 2.26 bits per heavy atom. The summed E-state index contributed by atoms with van der Waals surface area (Å²) in [5.41, 5.74) is 4.20. The molecule has 1 aromatic rings. The number of thioether (sulfide) groups is 1. The van der Waals surface area contributed by atoms with Crippen LogP contribution >= 0.6 is 23.4 Å². The van der Waals surface area contributed by atoms with Crippen LogP contribution in [-0.2, 0) is 4.74 Å². The molecule has 1 aromatic carbocycles. The fourth-order valence-corrected chi connectivity index (χ4v) is 4.64. The normalized spacial score (nSPS) is 22.4. The third-order valence-electron chi connectivity index (χ3n) is 4.20. The van der Waals surface area contributed by atoms with Gasteiger partial charge in [0.2, 0.25) is 0 Å². The molecule has 118 valence electrons. The minimum absolute atomic E-state index is 0.00451. The second kappa shape index (κ2) is 5.62. The van der Waals surface area contributed by atoms with Gasteiger partial charge >= 0.3 is 0 Å². The molecule has 1 unspecified atom stereocenters. The fraction of sp³-hybridized carbons (Fsp3) is 0.250. The summed E-state index contributed by atoms with van der Waals surface area (Å²) >= 11 is 7.77. The maximum Gasteiger partial charge on any atom is 0.288 e. The zero-order valence-electron chi connectivity index (χ0n) is 12.0. The summed E-state index contributed by atoms with van der Waals surface area (Å²) in [5.74, 6) is 1.03. The standard InChI is InChI=1S/C16H13ClN2O3S/c17-11-2-1-9(7-14(11)19(20)21)15-10-3-5-22-8-13(10)18-12-4-6-23-16(12)15/h1-3,5,7,15,18H,4,6,8H2. The molecule has 23 heavy (non-hydrogen) atoms.